The van der Waals surface area contributed by atoms with Crippen molar-refractivity contribution in [3.8, 4) is 0 Å². The Balaban J connectivity index is 2.08. The molecule has 2 heteroatoms. The number of nitrogens with zero attached hydrogens (tertiary/aromatic N) is 1. The molecule has 1 fully saturated rings. The molecule has 0 bridgehead atoms. The van der Waals surface area contributed by atoms with Gasteiger partial charge in [0.15, 0.2) is 0 Å². The molecule has 0 aliphatic carbocycles. The van der Waals surface area contributed by atoms with E-state index in [1.165, 1.54) is 38.9 Å². The van der Waals surface area contributed by atoms with E-state index in [0.29, 0.717) is 0 Å². The summed E-state index contributed by atoms with van der Waals surface area (Å²) in [6.45, 7) is 14.2. The van der Waals surface area contributed by atoms with Gasteiger partial charge in [0.1, 0.15) is 0 Å². The van der Waals surface area contributed by atoms with Crippen molar-refractivity contribution in [2.75, 3.05) is 26.2 Å². The lowest BCUT2D eigenvalue weighted by molar-refractivity contribution is 0.207. The van der Waals surface area contributed by atoms with Crippen molar-refractivity contribution < 1.29 is 0 Å². The third-order valence-corrected chi connectivity index (χ3v) is 3.66. The average molecular weight is 226 g/mol. The lowest BCUT2D eigenvalue weighted by Crippen LogP contribution is -2.38. The van der Waals surface area contributed by atoms with Crippen LogP contribution in [0.2, 0.25) is 0 Å². The fourth-order valence-corrected chi connectivity index (χ4v) is 2.62. The maximum absolute atomic E-state index is 3.56. The summed E-state index contributed by atoms with van der Waals surface area (Å²) in [6.07, 6.45) is 4.10. The fourth-order valence-electron chi connectivity index (χ4n) is 2.62. The summed E-state index contributed by atoms with van der Waals surface area (Å²) < 4.78 is 0. The van der Waals surface area contributed by atoms with E-state index in [9.17, 15) is 0 Å². The third kappa shape index (κ3) is 4.84. The summed E-state index contributed by atoms with van der Waals surface area (Å²) in [5, 5.41) is 3.56. The molecule has 1 aliphatic rings. The van der Waals surface area contributed by atoms with Gasteiger partial charge in [0.2, 0.25) is 0 Å². The van der Waals surface area contributed by atoms with E-state index in [-0.39, 0.29) is 0 Å². The molecule has 0 spiro atoms. The van der Waals surface area contributed by atoms with Gasteiger partial charge in [0.05, 0.1) is 0 Å². The first-order valence-electron chi connectivity index (χ1n) is 7.06. The van der Waals surface area contributed by atoms with Gasteiger partial charge in [-0.2, -0.15) is 0 Å². The largest absolute Gasteiger partial charge is 0.315 e. The van der Waals surface area contributed by atoms with Crippen LogP contribution >= 0.6 is 0 Å². The molecule has 0 amide bonds. The van der Waals surface area contributed by atoms with Crippen LogP contribution in [-0.2, 0) is 0 Å². The zero-order chi connectivity index (χ0) is 12.0. The Morgan fingerprint density at radius 3 is 2.56 bits per heavy atom. The first-order chi connectivity index (χ1) is 7.61. The third-order valence-electron chi connectivity index (χ3n) is 3.66. The van der Waals surface area contributed by atoms with Gasteiger partial charge in [0.25, 0.3) is 0 Å². The first-order valence-corrected chi connectivity index (χ1v) is 7.06. The standard InChI is InChI=1S/C14H30N2/c1-12(2)7-8-15-9-11-16-10-5-6-14(16)13(3)4/h12-15H,5-11H2,1-4H3. The van der Waals surface area contributed by atoms with E-state index in [1.54, 1.807) is 0 Å². The fraction of sp³-hybridized carbons (Fsp3) is 1.00. The SMILES string of the molecule is CC(C)CCNCCN1CCCC1C(C)C. The lowest BCUT2D eigenvalue weighted by Gasteiger charge is -2.27. The topological polar surface area (TPSA) is 15.3 Å². The molecule has 1 saturated heterocycles. The molecule has 0 saturated carbocycles. The van der Waals surface area contributed by atoms with E-state index in [2.05, 4.69) is 37.9 Å². The van der Waals surface area contributed by atoms with Gasteiger partial charge in [-0.25, -0.2) is 0 Å². The summed E-state index contributed by atoms with van der Waals surface area (Å²) in [5.74, 6) is 1.64. The van der Waals surface area contributed by atoms with Crippen LogP contribution in [0.25, 0.3) is 0 Å². The van der Waals surface area contributed by atoms with Crippen molar-refractivity contribution in [3.63, 3.8) is 0 Å². The number of hydrogen-bond acceptors (Lipinski definition) is 2. The first kappa shape index (κ1) is 14.0. The van der Waals surface area contributed by atoms with Crippen LogP contribution in [0, 0.1) is 11.8 Å². The summed E-state index contributed by atoms with van der Waals surface area (Å²) in [4.78, 5) is 2.67. The molecular weight excluding hydrogens is 196 g/mol. The van der Waals surface area contributed by atoms with Crippen molar-refractivity contribution in [1.29, 1.82) is 0 Å². The van der Waals surface area contributed by atoms with Crippen molar-refractivity contribution in [3.05, 3.63) is 0 Å². The van der Waals surface area contributed by atoms with E-state index in [4.69, 9.17) is 0 Å². The predicted molar refractivity (Wildman–Crippen MR) is 71.8 cm³/mol. The highest BCUT2D eigenvalue weighted by molar-refractivity contribution is 4.81. The van der Waals surface area contributed by atoms with E-state index in [0.717, 1.165) is 24.4 Å². The molecule has 2 nitrogen and oxygen atoms in total. The summed E-state index contributed by atoms with van der Waals surface area (Å²) in [5.41, 5.74) is 0. The molecule has 0 aromatic heterocycles. The smallest absolute Gasteiger partial charge is 0.0119 e. The molecule has 0 radical (unpaired) electrons. The Kier molecular flexibility index (Phi) is 6.37. The molecule has 0 aromatic rings. The highest BCUT2D eigenvalue weighted by atomic mass is 15.2. The van der Waals surface area contributed by atoms with E-state index in [1.807, 2.05) is 0 Å². The molecule has 1 unspecified atom stereocenters. The van der Waals surface area contributed by atoms with Gasteiger partial charge in [-0.05, 0) is 44.2 Å². The van der Waals surface area contributed by atoms with Crippen molar-refractivity contribution >= 4 is 0 Å². The van der Waals surface area contributed by atoms with Crippen LogP contribution in [-0.4, -0.2) is 37.1 Å². The second-order valence-electron chi connectivity index (χ2n) is 5.92. The molecule has 16 heavy (non-hydrogen) atoms. The minimum Gasteiger partial charge on any atom is -0.315 e. The Labute approximate surface area is 102 Å². The predicted octanol–water partition coefficient (Wildman–Crippen LogP) is 2.74. The average Bonchev–Trinajstić information content (AvgIpc) is 2.65. The lowest BCUT2D eigenvalue weighted by atomic mass is 10.0. The molecule has 1 atom stereocenters. The van der Waals surface area contributed by atoms with E-state index < -0.39 is 0 Å². The second kappa shape index (κ2) is 7.29. The van der Waals surface area contributed by atoms with Crippen molar-refractivity contribution in [2.24, 2.45) is 11.8 Å². The normalized spacial score (nSPS) is 22.5. The Morgan fingerprint density at radius 1 is 1.19 bits per heavy atom. The zero-order valence-electron chi connectivity index (χ0n) is 11.6. The minimum atomic E-state index is 0.818. The van der Waals surface area contributed by atoms with Crippen LogP contribution in [0.5, 0.6) is 0 Å². The minimum absolute atomic E-state index is 0.818. The maximum atomic E-state index is 3.56. The number of nitrogens with one attached hydrogen (secondary N) is 1. The summed E-state index contributed by atoms with van der Waals surface area (Å²) >= 11 is 0. The van der Waals surface area contributed by atoms with Crippen LogP contribution in [0.1, 0.15) is 47.0 Å². The maximum Gasteiger partial charge on any atom is 0.0119 e. The van der Waals surface area contributed by atoms with E-state index >= 15 is 0 Å². The zero-order valence-corrected chi connectivity index (χ0v) is 11.6. The molecule has 1 rings (SSSR count). The second-order valence-corrected chi connectivity index (χ2v) is 5.92. The molecule has 0 aromatic carbocycles. The quantitative estimate of drug-likeness (QED) is 0.672. The molecule has 96 valence electrons. The molecular formula is C14H30N2. The van der Waals surface area contributed by atoms with Crippen molar-refractivity contribution in [1.82, 2.24) is 10.2 Å². The Hall–Kier alpha value is -0.0800. The van der Waals surface area contributed by atoms with Gasteiger partial charge >= 0.3 is 0 Å². The number of hydrogen-bond donors (Lipinski definition) is 1. The van der Waals surface area contributed by atoms with Crippen LogP contribution in [0.4, 0.5) is 0 Å². The molecule has 1 heterocycles. The summed E-state index contributed by atoms with van der Waals surface area (Å²) in [7, 11) is 0. The van der Waals surface area contributed by atoms with Crippen molar-refractivity contribution in [2.45, 2.75) is 53.0 Å². The highest BCUT2D eigenvalue weighted by Crippen LogP contribution is 2.22. The highest BCUT2D eigenvalue weighted by Gasteiger charge is 2.25. The Morgan fingerprint density at radius 2 is 1.94 bits per heavy atom. The molecule has 1 N–H and O–H groups in total. The van der Waals surface area contributed by atoms with Crippen LogP contribution in [0.15, 0.2) is 0 Å². The summed E-state index contributed by atoms with van der Waals surface area (Å²) in [6, 6.07) is 0.840. The van der Waals surface area contributed by atoms with Gasteiger partial charge in [-0.15, -0.1) is 0 Å². The van der Waals surface area contributed by atoms with Gasteiger partial charge in [0, 0.05) is 19.1 Å². The molecule has 1 aliphatic heterocycles. The van der Waals surface area contributed by atoms with Gasteiger partial charge in [-0.3, -0.25) is 4.90 Å². The monoisotopic (exact) mass is 226 g/mol. The number of likely N-dealkylation sites (tertiary alicyclic amines) is 1. The van der Waals surface area contributed by atoms with Crippen LogP contribution < -0.4 is 5.32 Å². The Bertz CT molecular complexity index is 178. The van der Waals surface area contributed by atoms with Gasteiger partial charge < -0.3 is 5.32 Å². The number of rotatable bonds is 7. The van der Waals surface area contributed by atoms with Crippen LogP contribution in [0.3, 0.4) is 0 Å². The van der Waals surface area contributed by atoms with Gasteiger partial charge in [-0.1, -0.05) is 27.7 Å².